The summed E-state index contributed by atoms with van der Waals surface area (Å²) in [4.78, 5) is 0. The van der Waals surface area contributed by atoms with Crippen LogP contribution in [0.15, 0.2) is 0 Å². The van der Waals surface area contributed by atoms with Crippen molar-refractivity contribution in [3.05, 3.63) is 0 Å². The van der Waals surface area contributed by atoms with E-state index in [1.807, 2.05) is 0 Å². The van der Waals surface area contributed by atoms with Crippen LogP contribution in [-0.2, 0) is 4.74 Å². The van der Waals surface area contributed by atoms with Crippen LogP contribution in [0, 0.1) is 0 Å². The lowest BCUT2D eigenvalue weighted by Gasteiger charge is -2.08. The molecule has 48 valence electrons. The van der Waals surface area contributed by atoms with Crippen molar-refractivity contribution in [2.45, 2.75) is 18.6 Å². The van der Waals surface area contributed by atoms with Gasteiger partial charge in [-0.1, -0.05) is 0 Å². The molecule has 8 heavy (non-hydrogen) atoms. The molecule has 0 aromatic carbocycles. The Kier molecular flexibility index (Phi) is 1.44. The topological polar surface area (TPSA) is 55.5 Å². The number of nitrogens with two attached hydrogens (primary N) is 1. The van der Waals surface area contributed by atoms with E-state index in [1.165, 1.54) is 0 Å². The molecule has 1 fully saturated rings. The fourth-order valence-electron chi connectivity index (χ4n) is 0.733. The van der Waals surface area contributed by atoms with E-state index in [0.29, 0.717) is 13.0 Å². The molecule has 0 aromatic heterocycles. The standard InChI is InChI=1S/C5H11NO2/c6-3-5-4(7)1-2-8-5/h4-5,7H,1-3,6H2/t4-,5-/m1/s1/i2T/t2?,4-,5-. The third kappa shape index (κ3) is 0.992. The number of aliphatic hydroxyl groups is 1. The Hall–Kier alpha value is -0.120. The number of hydrogen-bond acceptors (Lipinski definition) is 3. The summed E-state index contributed by atoms with van der Waals surface area (Å²) in [5.74, 6) is 0. The Morgan fingerprint density at radius 1 is 2.00 bits per heavy atom. The summed E-state index contributed by atoms with van der Waals surface area (Å²) in [6, 6.07) is 0. The predicted molar refractivity (Wildman–Crippen MR) is 29.4 cm³/mol. The van der Waals surface area contributed by atoms with E-state index in [-0.39, 0.29) is 6.10 Å². The van der Waals surface area contributed by atoms with Gasteiger partial charge in [0, 0.05) is 13.1 Å². The predicted octanol–water partition coefficient (Wildman–Crippen LogP) is -0.905. The van der Waals surface area contributed by atoms with Crippen molar-refractivity contribution in [1.82, 2.24) is 0 Å². The fraction of sp³-hybridized carbons (Fsp3) is 1.00. The highest BCUT2D eigenvalue weighted by Gasteiger charge is 2.23. The lowest BCUT2D eigenvalue weighted by molar-refractivity contribution is 0.0487. The molecule has 0 amide bonds. The van der Waals surface area contributed by atoms with Crippen LogP contribution in [0.3, 0.4) is 0 Å². The van der Waals surface area contributed by atoms with Gasteiger partial charge in [-0.25, -0.2) is 0 Å². The lowest BCUT2D eigenvalue weighted by atomic mass is 10.2. The van der Waals surface area contributed by atoms with E-state index in [0.717, 1.165) is 0 Å². The zero-order chi connectivity index (χ0) is 6.85. The van der Waals surface area contributed by atoms with E-state index in [2.05, 4.69) is 0 Å². The van der Waals surface area contributed by atoms with Crippen molar-refractivity contribution >= 4 is 0 Å². The highest BCUT2D eigenvalue weighted by Crippen LogP contribution is 2.10. The van der Waals surface area contributed by atoms with Gasteiger partial charge in [0.25, 0.3) is 0 Å². The van der Waals surface area contributed by atoms with Gasteiger partial charge in [0.15, 0.2) is 0 Å². The van der Waals surface area contributed by atoms with Crippen molar-refractivity contribution in [2.75, 3.05) is 13.1 Å². The van der Waals surface area contributed by atoms with Crippen LogP contribution in [0.5, 0.6) is 0 Å². The molecule has 1 aliphatic rings. The summed E-state index contributed by atoms with van der Waals surface area (Å²) in [5, 5.41) is 9.03. The Balaban J connectivity index is 2.38. The Morgan fingerprint density at radius 2 is 2.75 bits per heavy atom. The molecule has 0 spiro atoms. The van der Waals surface area contributed by atoms with Gasteiger partial charge >= 0.3 is 0 Å². The molecular formula is C5H11NO2. The highest BCUT2D eigenvalue weighted by molar-refractivity contribution is 4.74. The average Bonchev–Trinajstić information content (AvgIpc) is 2.10. The van der Waals surface area contributed by atoms with E-state index in [9.17, 15) is 0 Å². The van der Waals surface area contributed by atoms with Crippen LogP contribution in [0.2, 0.25) is 0 Å². The fourth-order valence-corrected chi connectivity index (χ4v) is 0.733. The van der Waals surface area contributed by atoms with E-state index >= 15 is 0 Å². The van der Waals surface area contributed by atoms with Gasteiger partial charge in [-0.05, 0) is 6.42 Å². The molecule has 3 atom stereocenters. The Bertz CT molecular complexity index is 101. The first-order chi connectivity index (χ1) is 4.24. The third-order valence-electron chi connectivity index (χ3n) is 1.27. The smallest absolute Gasteiger partial charge is 0.0956 e. The number of aliphatic hydroxyl groups excluding tert-OH is 1. The maximum Gasteiger partial charge on any atom is 0.0956 e. The summed E-state index contributed by atoms with van der Waals surface area (Å²) < 4.78 is 12.0. The molecule has 3 N–H and O–H groups in total. The van der Waals surface area contributed by atoms with Gasteiger partial charge in [-0.3, -0.25) is 0 Å². The molecular weight excluding hydrogens is 106 g/mol. The summed E-state index contributed by atoms with van der Waals surface area (Å²) in [6.45, 7) is -0.273. The first-order valence-corrected chi connectivity index (χ1v) is 2.70. The minimum absolute atomic E-state index is 0.302. The van der Waals surface area contributed by atoms with Crippen molar-refractivity contribution < 1.29 is 11.2 Å². The zero-order valence-electron chi connectivity index (χ0n) is 5.58. The lowest BCUT2D eigenvalue weighted by Crippen LogP contribution is -2.29. The van der Waals surface area contributed by atoms with Gasteiger partial charge in [0.2, 0.25) is 0 Å². The molecule has 0 radical (unpaired) electrons. The maximum absolute atomic E-state index is 9.03. The van der Waals surface area contributed by atoms with Crippen LogP contribution < -0.4 is 5.73 Å². The highest BCUT2D eigenvalue weighted by atomic mass is 16.5. The summed E-state index contributed by atoms with van der Waals surface area (Å²) in [6.07, 6.45) is -0.452. The molecule has 0 aromatic rings. The summed E-state index contributed by atoms with van der Waals surface area (Å²) in [5.41, 5.74) is 5.22. The molecule has 3 heteroatoms. The Labute approximate surface area is 49.8 Å². The van der Waals surface area contributed by atoms with Crippen molar-refractivity contribution in [3.8, 4) is 0 Å². The molecule has 1 unspecified atom stereocenters. The van der Waals surface area contributed by atoms with Gasteiger partial charge in [-0.15, -0.1) is 0 Å². The van der Waals surface area contributed by atoms with Gasteiger partial charge < -0.3 is 15.6 Å². The third-order valence-corrected chi connectivity index (χ3v) is 1.27. The average molecular weight is 119 g/mol. The molecule has 0 bridgehead atoms. The van der Waals surface area contributed by atoms with Gasteiger partial charge in [0.1, 0.15) is 0 Å². The maximum atomic E-state index is 9.03. The van der Waals surface area contributed by atoms with Gasteiger partial charge in [-0.2, -0.15) is 0 Å². The molecule has 1 aliphatic heterocycles. The Morgan fingerprint density at radius 3 is 3.00 bits per heavy atom. The number of ether oxygens (including phenoxy) is 1. The second kappa shape index (κ2) is 2.44. The molecule has 0 saturated carbocycles. The zero-order valence-corrected chi connectivity index (χ0v) is 4.58. The van der Waals surface area contributed by atoms with E-state index in [4.69, 9.17) is 16.9 Å². The van der Waals surface area contributed by atoms with Crippen LogP contribution in [-0.4, -0.2) is 30.4 Å². The normalized spacial score (nSPS) is 49.2. The van der Waals surface area contributed by atoms with Gasteiger partial charge in [0.05, 0.1) is 13.6 Å². The molecule has 1 rings (SSSR count). The van der Waals surface area contributed by atoms with Crippen molar-refractivity contribution in [3.63, 3.8) is 0 Å². The monoisotopic (exact) mass is 119 g/mol. The van der Waals surface area contributed by atoms with Crippen molar-refractivity contribution in [1.29, 1.82) is 0 Å². The number of hydrogen-bond donors (Lipinski definition) is 2. The number of rotatable bonds is 1. The van der Waals surface area contributed by atoms with Crippen LogP contribution in [0.25, 0.3) is 0 Å². The molecule has 1 heterocycles. The first-order valence-electron chi connectivity index (χ1n) is 3.27. The second-order valence-electron chi connectivity index (χ2n) is 1.88. The first kappa shape index (κ1) is 4.73. The largest absolute Gasteiger partial charge is 0.390 e. The van der Waals surface area contributed by atoms with Crippen LogP contribution in [0.1, 0.15) is 7.79 Å². The minimum atomic E-state index is -0.575. The van der Waals surface area contributed by atoms with Crippen LogP contribution in [0.4, 0.5) is 0 Å². The molecule has 1 saturated heterocycles. The van der Waals surface area contributed by atoms with E-state index < -0.39 is 12.7 Å². The molecule has 3 nitrogen and oxygen atoms in total. The van der Waals surface area contributed by atoms with E-state index in [1.54, 1.807) is 0 Å². The molecule has 0 aliphatic carbocycles. The second-order valence-corrected chi connectivity index (χ2v) is 1.88. The van der Waals surface area contributed by atoms with Crippen molar-refractivity contribution in [2.24, 2.45) is 5.73 Å². The quantitative estimate of drug-likeness (QED) is 0.470. The summed E-state index contributed by atoms with van der Waals surface area (Å²) in [7, 11) is 0. The van der Waals surface area contributed by atoms with Crippen LogP contribution >= 0.6 is 0 Å². The SMILES string of the molecule is [3H]C1C[C@@H](O)[C@@H](CN)O1. The minimum Gasteiger partial charge on any atom is -0.390 e. The summed E-state index contributed by atoms with van der Waals surface area (Å²) >= 11 is 0.